The molecule has 0 amide bonds. The van der Waals surface area contributed by atoms with Gasteiger partial charge in [-0.2, -0.15) is 0 Å². The number of carbonyl (C=O) groups excluding carboxylic acids is 1. The number of hydrogen-bond acceptors (Lipinski definition) is 6. The highest BCUT2D eigenvalue weighted by Gasteiger charge is 2.21. The number of pyridine rings is 1. The van der Waals surface area contributed by atoms with Crippen LogP contribution >= 0.6 is 0 Å². The predicted octanol–water partition coefficient (Wildman–Crippen LogP) is 4.70. The Morgan fingerprint density at radius 3 is 2.59 bits per heavy atom. The van der Waals surface area contributed by atoms with Gasteiger partial charge in [-0.25, -0.2) is 14.8 Å². The highest BCUT2D eigenvalue weighted by Crippen LogP contribution is 2.25. The van der Waals surface area contributed by atoms with Gasteiger partial charge in [0.05, 0.1) is 29.6 Å². The molecule has 0 aliphatic heterocycles. The lowest BCUT2D eigenvalue weighted by Crippen LogP contribution is -2.13. The Kier molecular flexibility index (Phi) is 5.35. The molecule has 0 aliphatic rings. The molecule has 0 aliphatic carbocycles. The minimum absolute atomic E-state index is 0.0651. The van der Waals surface area contributed by atoms with Crippen LogP contribution in [-0.4, -0.2) is 23.0 Å². The van der Waals surface area contributed by atoms with Gasteiger partial charge in [-0.1, -0.05) is 48.5 Å². The zero-order valence-electron chi connectivity index (χ0n) is 16.2. The number of rotatable bonds is 6. The number of fused-ring (bicyclic) bond motifs is 1. The summed E-state index contributed by atoms with van der Waals surface area (Å²) in [6.07, 6.45) is 1.62. The molecule has 0 N–H and O–H groups in total. The van der Waals surface area contributed by atoms with Crippen molar-refractivity contribution in [3.05, 3.63) is 83.5 Å². The third-order valence-electron chi connectivity index (χ3n) is 4.65. The molecule has 4 aromatic rings. The van der Waals surface area contributed by atoms with Crippen LogP contribution in [0.1, 0.15) is 27.5 Å². The number of esters is 1. The number of carbonyl (C=O) groups is 1. The van der Waals surface area contributed by atoms with Crippen molar-refractivity contribution in [2.75, 3.05) is 7.11 Å². The molecule has 0 unspecified atom stereocenters. The van der Waals surface area contributed by atoms with Crippen LogP contribution in [0.2, 0.25) is 0 Å². The average Bonchev–Trinajstić information content (AvgIpc) is 3.22. The van der Waals surface area contributed by atoms with Crippen molar-refractivity contribution < 1.29 is 18.7 Å². The van der Waals surface area contributed by atoms with Crippen LogP contribution in [0.4, 0.5) is 0 Å². The second-order valence-electron chi connectivity index (χ2n) is 6.57. The Balaban J connectivity index is 1.57. The summed E-state index contributed by atoms with van der Waals surface area (Å²) >= 11 is 0. The van der Waals surface area contributed by atoms with E-state index in [1.165, 1.54) is 0 Å². The molecule has 0 bridgehead atoms. The quantitative estimate of drug-likeness (QED) is 0.446. The first-order chi connectivity index (χ1) is 14.2. The van der Waals surface area contributed by atoms with E-state index in [-0.39, 0.29) is 13.2 Å². The van der Waals surface area contributed by atoms with Crippen LogP contribution < -0.4 is 0 Å². The van der Waals surface area contributed by atoms with Crippen LogP contribution in [0.15, 0.2) is 65.2 Å². The van der Waals surface area contributed by atoms with Gasteiger partial charge in [-0.05, 0) is 18.6 Å². The summed E-state index contributed by atoms with van der Waals surface area (Å²) in [4.78, 5) is 21.7. The molecule has 6 nitrogen and oxygen atoms in total. The van der Waals surface area contributed by atoms with E-state index in [1.807, 2.05) is 61.5 Å². The Morgan fingerprint density at radius 2 is 1.79 bits per heavy atom. The van der Waals surface area contributed by atoms with Gasteiger partial charge in [-0.3, -0.25) is 0 Å². The molecule has 6 heteroatoms. The maximum absolute atomic E-state index is 12.9. The standard InChI is InChI=1S/C23H20N2O4/c1-15-17-10-6-7-11-18(17)25-19(13-27-2)22(15)23(26)28-14-21-24-12-20(29-21)16-8-4-3-5-9-16/h3-12H,13-14H2,1-2H3. The number of aromatic nitrogens is 2. The molecule has 0 fully saturated rings. The molecular weight excluding hydrogens is 368 g/mol. The zero-order valence-corrected chi connectivity index (χ0v) is 16.2. The summed E-state index contributed by atoms with van der Waals surface area (Å²) in [6, 6.07) is 17.3. The van der Waals surface area contributed by atoms with E-state index in [0.717, 1.165) is 22.0 Å². The van der Waals surface area contributed by atoms with Crippen molar-refractivity contribution in [2.45, 2.75) is 20.1 Å². The second-order valence-corrected chi connectivity index (χ2v) is 6.57. The number of nitrogens with zero attached hydrogens (tertiary/aromatic N) is 2. The molecule has 29 heavy (non-hydrogen) atoms. The van der Waals surface area contributed by atoms with Crippen molar-refractivity contribution >= 4 is 16.9 Å². The first-order valence-electron chi connectivity index (χ1n) is 9.21. The van der Waals surface area contributed by atoms with Crippen molar-refractivity contribution in [1.29, 1.82) is 0 Å². The van der Waals surface area contributed by atoms with Gasteiger partial charge in [0, 0.05) is 18.1 Å². The Bertz CT molecular complexity index is 1150. The molecule has 4 rings (SSSR count). The molecule has 146 valence electrons. The molecule has 0 radical (unpaired) electrons. The smallest absolute Gasteiger partial charge is 0.340 e. The van der Waals surface area contributed by atoms with Crippen molar-refractivity contribution in [2.24, 2.45) is 0 Å². The number of hydrogen-bond donors (Lipinski definition) is 0. The summed E-state index contributed by atoms with van der Waals surface area (Å²) in [5.74, 6) is 0.476. The maximum atomic E-state index is 12.9. The second kappa shape index (κ2) is 8.24. The fourth-order valence-corrected chi connectivity index (χ4v) is 3.27. The van der Waals surface area contributed by atoms with E-state index in [1.54, 1.807) is 13.3 Å². The number of ether oxygens (including phenoxy) is 2. The minimum atomic E-state index is -0.479. The highest BCUT2D eigenvalue weighted by molar-refractivity contribution is 5.98. The number of methoxy groups -OCH3 is 1. The lowest BCUT2D eigenvalue weighted by Gasteiger charge is -2.13. The Hall–Kier alpha value is -3.51. The molecule has 0 atom stereocenters. The lowest BCUT2D eigenvalue weighted by molar-refractivity contribution is 0.0432. The SMILES string of the molecule is COCc1nc2ccccc2c(C)c1C(=O)OCc1ncc(-c2ccccc2)o1. The van der Waals surface area contributed by atoms with Gasteiger partial charge in [0.1, 0.15) is 0 Å². The van der Waals surface area contributed by atoms with Crippen molar-refractivity contribution in [1.82, 2.24) is 9.97 Å². The van der Waals surface area contributed by atoms with Gasteiger partial charge in [0.25, 0.3) is 0 Å². The summed E-state index contributed by atoms with van der Waals surface area (Å²) in [5, 5.41) is 0.904. The monoisotopic (exact) mass is 388 g/mol. The number of aryl methyl sites for hydroxylation is 1. The Morgan fingerprint density at radius 1 is 1.03 bits per heavy atom. The zero-order chi connectivity index (χ0) is 20.2. The first kappa shape index (κ1) is 18.8. The normalized spacial score (nSPS) is 11.0. The first-order valence-corrected chi connectivity index (χ1v) is 9.21. The van der Waals surface area contributed by atoms with Gasteiger partial charge in [-0.15, -0.1) is 0 Å². The van der Waals surface area contributed by atoms with Gasteiger partial charge >= 0.3 is 5.97 Å². The van der Waals surface area contributed by atoms with E-state index >= 15 is 0 Å². The van der Waals surface area contributed by atoms with Crippen molar-refractivity contribution in [3.63, 3.8) is 0 Å². The van der Waals surface area contributed by atoms with Gasteiger partial charge in [0.2, 0.25) is 5.89 Å². The molecular formula is C23H20N2O4. The predicted molar refractivity (Wildman–Crippen MR) is 108 cm³/mol. The van der Waals surface area contributed by atoms with Crippen LogP contribution in [-0.2, 0) is 22.7 Å². The third kappa shape index (κ3) is 3.88. The van der Waals surface area contributed by atoms with E-state index in [4.69, 9.17) is 13.9 Å². The maximum Gasteiger partial charge on any atom is 0.340 e. The topological polar surface area (TPSA) is 74.5 Å². The molecule has 2 aromatic heterocycles. The highest BCUT2D eigenvalue weighted by atomic mass is 16.5. The van der Waals surface area contributed by atoms with Crippen LogP contribution in [0.3, 0.4) is 0 Å². The fraction of sp³-hybridized carbons (Fsp3) is 0.174. The van der Waals surface area contributed by atoms with E-state index in [9.17, 15) is 4.79 Å². The van der Waals surface area contributed by atoms with Crippen LogP contribution in [0, 0.1) is 6.92 Å². The minimum Gasteiger partial charge on any atom is -0.452 e. The van der Waals surface area contributed by atoms with E-state index in [2.05, 4.69) is 9.97 Å². The fourth-order valence-electron chi connectivity index (χ4n) is 3.27. The van der Waals surface area contributed by atoms with Crippen molar-refractivity contribution in [3.8, 4) is 11.3 Å². The van der Waals surface area contributed by atoms with Crippen LogP contribution in [0.5, 0.6) is 0 Å². The van der Waals surface area contributed by atoms with Gasteiger partial charge < -0.3 is 13.9 Å². The average molecular weight is 388 g/mol. The van der Waals surface area contributed by atoms with Gasteiger partial charge in [0.15, 0.2) is 12.4 Å². The summed E-state index contributed by atoms with van der Waals surface area (Å²) < 4.78 is 16.4. The molecule has 2 heterocycles. The van der Waals surface area contributed by atoms with E-state index < -0.39 is 5.97 Å². The van der Waals surface area contributed by atoms with E-state index in [0.29, 0.717) is 22.9 Å². The third-order valence-corrected chi connectivity index (χ3v) is 4.65. The molecule has 0 spiro atoms. The summed E-state index contributed by atoms with van der Waals surface area (Å²) in [6.45, 7) is 2.04. The summed E-state index contributed by atoms with van der Waals surface area (Å²) in [5.41, 5.74) is 3.50. The molecule has 0 saturated heterocycles. The molecule has 2 aromatic carbocycles. The lowest BCUT2D eigenvalue weighted by atomic mass is 10.0. The summed E-state index contributed by atoms with van der Waals surface area (Å²) in [7, 11) is 1.57. The number of oxazole rings is 1. The Labute approximate surface area is 168 Å². The largest absolute Gasteiger partial charge is 0.452 e. The number of benzene rings is 2. The number of para-hydroxylation sites is 1. The molecule has 0 saturated carbocycles. The van der Waals surface area contributed by atoms with Crippen LogP contribution in [0.25, 0.3) is 22.2 Å².